The van der Waals surface area contributed by atoms with E-state index >= 15 is 0 Å². The van der Waals surface area contributed by atoms with E-state index in [0.29, 0.717) is 26.1 Å². The summed E-state index contributed by atoms with van der Waals surface area (Å²) in [7, 11) is 5.01. The molecule has 1 saturated heterocycles. The second-order valence-electron chi connectivity index (χ2n) is 7.45. The Bertz CT molecular complexity index is 847. The maximum absolute atomic E-state index is 12.7. The van der Waals surface area contributed by atoms with Gasteiger partial charge < -0.3 is 19.5 Å². The van der Waals surface area contributed by atoms with Gasteiger partial charge in [0.15, 0.2) is 11.5 Å². The van der Waals surface area contributed by atoms with E-state index in [1.807, 2.05) is 43.3 Å². The van der Waals surface area contributed by atoms with Crippen molar-refractivity contribution in [3.05, 3.63) is 53.6 Å². The first-order valence-electron chi connectivity index (χ1n) is 9.90. The molecule has 1 fully saturated rings. The first-order valence-corrected chi connectivity index (χ1v) is 9.90. The topological polar surface area (TPSA) is 60.0 Å². The lowest BCUT2D eigenvalue weighted by Crippen LogP contribution is -2.63. The zero-order chi connectivity index (χ0) is 20.9. The van der Waals surface area contributed by atoms with Gasteiger partial charge in [-0.05, 0) is 48.7 Å². The molecule has 2 aromatic carbocycles. The Labute approximate surface area is 172 Å². The maximum atomic E-state index is 12.7. The standard InChI is InChI=1S/C23H30N2O4/c1-5-29-20-10-9-18(12-21(20)28-4)14-25-15-23(16-25,22(26)24-2)13-17-7-6-8-19(11-17)27-3/h6-12H,5,13-16H2,1-4H3,(H,24,26). The zero-order valence-corrected chi connectivity index (χ0v) is 17.7. The molecule has 0 saturated carbocycles. The second kappa shape index (κ2) is 9.18. The molecule has 1 aliphatic rings. The van der Waals surface area contributed by atoms with E-state index in [9.17, 15) is 4.79 Å². The highest BCUT2D eigenvalue weighted by Crippen LogP contribution is 2.37. The number of ether oxygens (including phenoxy) is 3. The van der Waals surface area contributed by atoms with Crippen LogP contribution in [0, 0.1) is 5.41 Å². The fraction of sp³-hybridized carbons (Fsp3) is 0.435. The van der Waals surface area contributed by atoms with Gasteiger partial charge in [0, 0.05) is 26.7 Å². The molecular formula is C23H30N2O4. The average Bonchev–Trinajstić information content (AvgIpc) is 2.72. The monoisotopic (exact) mass is 398 g/mol. The van der Waals surface area contributed by atoms with Crippen LogP contribution in [0.3, 0.4) is 0 Å². The minimum atomic E-state index is -0.420. The van der Waals surface area contributed by atoms with Crippen molar-refractivity contribution in [2.24, 2.45) is 5.41 Å². The lowest BCUT2D eigenvalue weighted by atomic mass is 9.73. The molecule has 0 aromatic heterocycles. The van der Waals surface area contributed by atoms with Crippen LogP contribution in [0.1, 0.15) is 18.1 Å². The lowest BCUT2D eigenvalue weighted by molar-refractivity contribution is -0.141. The molecule has 0 atom stereocenters. The molecule has 6 nitrogen and oxygen atoms in total. The number of hydrogen-bond acceptors (Lipinski definition) is 5. The van der Waals surface area contributed by atoms with Gasteiger partial charge in [0.05, 0.1) is 26.2 Å². The van der Waals surface area contributed by atoms with Crippen molar-refractivity contribution in [3.63, 3.8) is 0 Å². The molecule has 0 aliphatic carbocycles. The van der Waals surface area contributed by atoms with Gasteiger partial charge in [-0.1, -0.05) is 18.2 Å². The average molecular weight is 399 g/mol. The van der Waals surface area contributed by atoms with Crippen molar-refractivity contribution in [1.29, 1.82) is 0 Å². The molecule has 0 spiro atoms. The van der Waals surface area contributed by atoms with Crippen molar-refractivity contribution in [1.82, 2.24) is 10.2 Å². The zero-order valence-electron chi connectivity index (χ0n) is 17.7. The Morgan fingerprint density at radius 1 is 1.07 bits per heavy atom. The SMILES string of the molecule is CCOc1ccc(CN2CC(Cc3cccc(OC)c3)(C(=O)NC)C2)cc1OC. The van der Waals surface area contributed by atoms with Crippen molar-refractivity contribution < 1.29 is 19.0 Å². The molecule has 1 amide bonds. The molecule has 1 heterocycles. The maximum Gasteiger partial charge on any atom is 0.228 e. The van der Waals surface area contributed by atoms with Gasteiger partial charge in [0.25, 0.3) is 0 Å². The Kier molecular flexibility index (Phi) is 6.64. The van der Waals surface area contributed by atoms with E-state index in [0.717, 1.165) is 34.9 Å². The van der Waals surface area contributed by atoms with Crippen molar-refractivity contribution in [2.45, 2.75) is 19.9 Å². The van der Waals surface area contributed by atoms with Crippen LogP contribution in [0.15, 0.2) is 42.5 Å². The first-order chi connectivity index (χ1) is 14.0. The Balaban J connectivity index is 1.69. The van der Waals surface area contributed by atoms with Gasteiger partial charge in [-0.15, -0.1) is 0 Å². The van der Waals surface area contributed by atoms with Crippen LogP contribution in [0.25, 0.3) is 0 Å². The summed E-state index contributed by atoms with van der Waals surface area (Å²) in [6.07, 6.45) is 0.687. The summed E-state index contributed by atoms with van der Waals surface area (Å²) < 4.78 is 16.4. The highest BCUT2D eigenvalue weighted by atomic mass is 16.5. The summed E-state index contributed by atoms with van der Waals surface area (Å²) >= 11 is 0. The number of nitrogens with one attached hydrogen (secondary N) is 1. The third-order valence-corrected chi connectivity index (χ3v) is 5.37. The van der Waals surface area contributed by atoms with Gasteiger partial charge in [-0.25, -0.2) is 0 Å². The van der Waals surface area contributed by atoms with Crippen LogP contribution in [-0.4, -0.2) is 51.8 Å². The predicted molar refractivity (Wildman–Crippen MR) is 113 cm³/mol. The molecule has 156 valence electrons. The third-order valence-electron chi connectivity index (χ3n) is 5.37. The van der Waals surface area contributed by atoms with Crippen LogP contribution in [0.5, 0.6) is 17.2 Å². The Morgan fingerprint density at radius 3 is 2.52 bits per heavy atom. The Morgan fingerprint density at radius 2 is 1.86 bits per heavy atom. The second-order valence-corrected chi connectivity index (χ2v) is 7.45. The van der Waals surface area contributed by atoms with E-state index in [1.165, 1.54) is 0 Å². The smallest absolute Gasteiger partial charge is 0.228 e. The molecule has 2 aromatic rings. The van der Waals surface area contributed by atoms with Gasteiger partial charge in [-0.3, -0.25) is 9.69 Å². The van der Waals surface area contributed by atoms with Gasteiger partial charge >= 0.3 is 0 Å². The molecule has 0 radical (unpaired) electrons. The molecule has 1 N–H and O–H groups in total. The van der Waals surface area contributed by atoms with Crippen LogP contribution >= 0.6 is 0 Å². The van der Waals surface area contributed by atoms with Crippen molar-refractivity contribution in [2.75, 3.05) is 41.0 Å². The highest BCUT2D eigenvalue weighted by Gasteiger charge is 2.48. The number of amides is 1. The summed E-state index contributed by atoms with van der Waals surface area (Å²) in [6.45, 7) is 4.73. The van der Waals surface area contributed by atoms with E-state index in [1.54, 1.807) is 21.3 Å². The summed E-state index contributed by atoms with van der Waals surface area (Å²) in [5, 5.41) is 2.85. The van der Waals surface area contributed by atoms with Crippen LogP contribution < -0.4 is 19.5 Å². The summed E-state index contributed by atoms with van der Waals surface area (Å²) in [6, 6.07) is 13.9. The molecular weight excluding hydrogens is 368 g/mol. The highest BCUT2D eigenvalue weighted by molar-refractivity contribution is 5.84. The van der Waals surface area contributed by atoms with Crippen molar-refractivity contribution in [3.8, 4) is 17.2 Å². The van der Waals surface area contributed by atoms with Gasteiger partial charge in [0.1, 0.15) is 5.75 Å². The largest absolute Gasteiger partial charge is 0.497 e. The van der Waals surface area contributed by atoms with Gasteiger partial charge in [0.2, 0.25) is 5.91 Å². The normalized spacial score (nSPS) is 15.3. The summed E-state index contributed by atoms with van der Waals surface area (Å²) in [5.41, 5.74) is 1.82. The number of rotatable bonds is 9. The van der Waals surface area contributed by atoms with E-state index in [-0.39, 0.29) is 5.91 Å². The number of hydrogen-bond donors (Lipinski definition) is 1. The summed E-state index contributed by atoms with van der Waals surface area (Å²) in [4.78, 5) is 15.0. The van der Waals surface area contributed by atoms with E-state index in [4.69, 9.17) is 14.2 Å². The predicted octanol–water partition coefficient (Wildman–Crippen LogP) is 2.89. The molecule has 3 rings (SSSR count). The van der Waals surface area contributed by atoms with E-state index < -0.39 is 5.41 Å². The van der Waals surface area contributed by atoms with Crippen molar-refractivity contribution >= 4 is 5.91 Å². The fourth-order valence-corrected chi connectivity index (χ4v) is 4.04. The van der Waals surface area contributed by atoms with Crippen LogP contribution in [-0.2, 0) is 17.8 Å². The number of nitrogens with zero attached hydrogens (tertiary/aromatic N) is 1. The molecule has 29 heavy (non-hydrogen) atoms. The fourth-order valence-electron chi connectivity index (χ4n) is 4.04. The van der Waals surface area contributed by atoms with Crippen LogP contribution in [0.4, 0.5) is 0 Å². The quantitative estimate of drug-likeness (QED) is 0.704. The Hall–Kier alpha value is -2.73. The van der Waals surface area contributed by atoms with Gasteiger partial charge in [-0.2, -0.15) is 0 Å². The number of benzene rings is 2. The number of likely N-dealkylation sites (tertiary alicyclic amines) is 1. The molecule has 0 bridgehead atoms. The minimum absolute atomic E-state index is 0.0841. The third kappa shape index (κ3) is 4.65. The number of carbonyl (C=O) groups excluding carboxylic acids is 1. The lowest BCUT2D eigenvalue weighted by Gasteiger charge is -2.49. The minimum Gasteiger partial charge on any atom is -0.497 e. The number of methoxy groups -OCH3 is 2. The van der Waals surface area contributed by atoms with E-state index in [2.05, 4.69) is 16.3 Å². The molecule has 1 aliphatic heterocycles. The molecule has 0 unspecified atom stereocenters. The first kappa shape index (κ1) is 21.0. The summed E-state index contributed by atoms with van der Waals surface area (Å²) in [5.74, 6) is 2.38. The molecule has 6 heteroatoms. The van der Waals surface area contributed by atoms with Crippen LogP contribution in [0.2, 0.25) is 0 Å². The number of carbonyl (C=O) groups is 1.